The lowest BCUT2D eigenvalue weighted by molar-refractivity contribution is 1.05. The number of aromatic nitrogens is 18. The highest BCUT2D eigenvalue weighted by Crippen LogP contribution is 1.92. The lowest BCUT2D eigenvalue weighted by atomic mass is 10.3. The van der Waals surface area contributed by atoms with Crippen LogP contribution >= 0.6 is 0 Å². The normalized spacial score (nSPS) is 7.44. The van der Waals surface area contributed by atoms with E-state index in [4.69, 9.17) is 0 Å². The van der Waals surface area contributed by atoms with Gasteiger partial charge in [0.2, 0.25) is 0 Å². The van der Waals surface area contributed by atoms with Gasteiger partial charge in [-0.2, -0.15) is 0 Å². The van der Waals surface area contributed by atoms with Crippen molar-refractivity contribution in [1.82, 2.24) is 89.7 Å². The second kappa shape index (κ2) is 120. The Bertz CT molecular complexity index is 2440. The van der Waals surface area contributed by atoms with Crippen molar-refractivity contribution in [3.8, 4) is 0 Å². The van der Waals surface area contributed by atoms with Gasteiger partial charge in [0.15, 0.2) is 0 Å². The minimum atomic E-state index is 0.822. The van der Waals surface area contributed by atoms with Gasteiger partial charge in [0.05, 0.1) is 17.1 Å². The number of hydrogen-bond donors (Lipinski definition) is 0. The van der Waals surface area contributed by atoms with Crippen LogP contribution in [0, 0.1) is 83.1 Å². The van der Waals surface area contributed by atoms with Gasteiger partial charge in [-0.05, 0) is 178 Å². The molecule has 0 saturated carbocycles. The SMILES string of the molecule is CC.CC.CC.CC.CC.CC.CC.CC.CC.CC.CC.CC.Cc1ccccn1.Cc1ccccn1.Cc1ccccn1.Cc1cccnc1.Cc1cccnc1.Cc1ccncc1.Cc1ccncn1.Cc1cnccn1.Cc1cnccn1.Cc1cnccn1.Cc1cncnc1.Cc1ncccn1. The molecule has 12 aromatic rings. The van der Waals surface area contributed by atoms with Crippen LogP contribution in [0.4, 0.5) is 0 Å². The van der Waals surface area contributed by atoms with Crippen molar-refractivity contribution in [2.45, 2.75) is 249 Å². The van der Waals surface area contributed by atoms with Gasteiger partial charge in [-0.3, -0.25) is 59.8 Å². The minimum Gasteiger partial charge on any atom is -0.265 e. The van der Waals surface area contributed by atoms with Crippen molar-refractivity contribution >= 4 is 0 Å². The molecule has 18 nitrogen and oxygen atoms in total. The van der Waals surface area contributed by atoms with Crippen molar-refractivity contribution in [2.24, 2.45) is 0 Å². The second-order valence-electron chi connectivity index (χ2n) is 17.1. The maximum absolute atomic E-state index is 3.98. The molecular formula is C90H150N18. The van der Waals surface area contributed by atoms with Gasteiger partial charge in [-0.15, -0.1) is 0 Å². The maximum atomic E-state index is 3.98. The van der Waals surface area contributed by atoms with Crippen LogP contribution in [0.15, 0.2) is 258 Å². The van der Waals surface area contributed by atoms with E-state index in [9.17, 15) is 0 Å². The van der Waals surface area contributed by atoms with Gasteiger partial charge in [0.1, 0.15) is 18.5 Å². The Morgan fingerprint density at radius 1 is 0.148 bits per heavy atom. The Hall–Kier alpha value is -10.6. The first-order chi connectivity index (χ1) is 52.7. The topological polar surface area (TPSA) is 232 Å². The monoisotopic (exact) mass is 1480 g/mol. The van der Waals surface area contributed by atoms with E-state index in [0.29, 0.717) is 0 Å². The summed E-state index contributed by atoms with van der Waals surface area (Å²) in [4.78, 5) is 69.7. The average molecular weight is 1480 g/mol. The summed E-state index contributed by atoms with van der Waals surface area (Å²) in [5, 5.41) is 0. The van der Waals surface area contributed by atoms with E-state index in [1.165, 1.54) is 29.3 Å². The molecule has 0 spiro atoms. The predicted molar refractivity (Wildman–Crippen MR) is 471 cm³/mol. The molecule has 108 heavy (non-hydrogen) atoms. The summed E-state index contributed by atoms with van der Waals surface area (Å²) in [6.07, 6.45) is 43.1. The van der Waals surface area contributed by atoms with Gasteiger partial charge in [0.25, 0.3) is 0 Å². The summed E-state index contributed by atoms with van der Waals surface area (Å²) in [6.45, 7) is 71.5. The van der Waals surface area contributed by atoms with Crippen LogP contribution in [0.1, 0.15) is 234 Å². The third-order valence-electron chi connectivity index (χ3n) is 9.10. The molecule has 0 N–H and O–H groups in total. The molecule has 12 heterocycles. The molecule has 0 unspecified atom stereocenters. The molecule has 12 rings (SSSR count). The highest BCUT2D eigenvalue weighted by atomic mass is 14.8. The average Bonchev–Trinajstić information content (AvgIpc) is 3.97. The Kier molecular flexibility index (Phi) is 138. The van der Waals surface area contributed by atoms with E-state index in [2.05, 4.69) is 89.7 Å². The molecule has 0 aromatic carbocycles. The molecule has 0 bridgehead atoms. The van der Waals surface area contributed by atoms with Crippen LogP contribution in [0.3, 0.4) is 0 Å². The first kappa shape index (κ1) is 124. The molecule has 12 aromatic heterocycles. The first-order valence-electron chi connectivity index (χ1n) is 38.3. The molecule has 0 aliphatic carbocycles. The van der Waals surface area contributed by atoms with Crippen molar-refractivity contribution in [1.29, 1.82) is 0 Å². The lowest BCUT2D eigenvalue weighted by Gasteiger charge is -1.82. The largest absolute Gasteiger partial charge is 0.265 e. The number of pyridine rings is 6. The zero-order valence-corrected chi connectivity index (χ0v) is 74.3. The molecule has 0 aliphatic rings. The summed E-state index contributed by atoms with van der Waals surface area (Å²) >= 11 is 0. The molecule has 0 amide bonds. The van der Waals surface area contributed by atoms with E-state index in [-0.39, 0.29) is 0 Å². The molecular weight excluding hydrogens is 1330 g/mol. The standard InChI is InChI=1S/6C6H7N.6C5H6N2.12C2H6/c1-6-2-4-7-5-3-6;2*1-6-3-2-4-7-5-6;3*1-6-4-2-3-5-7-6;1-5-2-6-4-7-3-5;3*1-5-4-6-2-3-7-5;1-5-2-3-6-4-7-5;1-5-6-3-2-4-7-5;12*1-2/h6*2-5H,1H3;6*2-4H,1H3;12*1-2H3. The van der Waals surface area contributed by atoms with Gasteiger partial charge in [0, 0.05) is 165 Å². The summed E-state index contributed by atoms with van der Waals surface area (Å²) in [6, 6.07) is 33.1. The van der Waals surface area contributed by atoms with Crippen LogP contribution in [-0.4, -0.2) is 89.7 Å². The zero-order chi connectivity index (χ0) is 85.4. The zero-order valence-electron chi connectivity index (χ0n) is 74.3. The third-order valence-corrected chi connectivity index (χ3v) is 9.10. The van der Waals surface area contributed by atoms with Gasteiger partial charge in [-0.25, -0.2) is 29.9 Å². The summed E-state index contributed by atoms with van der Waals surface area (Å²) in [7, 11) is 0. The van der Waals surface area contributed by atoms with E-state index in [0.717, 1.165) is 51.2 Å². The fourth-order valence-electron chi connectivity index (χ4n) is 4.89. The van der Waals surface area contributed by atoms with Crippen LogP contribution in [0.25, 0.3) is 0 Å². The number of hydrogen-bond acceptors (Lipinski definition) is 18. The predicted octanol–water partition coefficient (Wildman–Crippen LogP) is 25.4. The maximum Gasteiger partial charge on any atom is 0.125 e. The Balaban J connectivity index is -0.0000000907. The van der Waals surface area contributed by atoms with Crippen LogP contribution in [0.2, 0.25) is 0 Å². The van der Waals surface area contributed by atoms with E-state index < -0.39 is 0 Å². The Labute approximate surface area is 661 Å². The van der Waals surface area contributed by atoms with Gasteiger partial charge in [-0.1, -0.05) is 197 Å². The van der Waals surface area contributed by atoms with Crippen molar-refractivity contribution in [2.75, 3.05) is 0 Å². The fourth-order valence-corrected chi connectivity index (χ4v) is 4.89. The lowest BCUT2D eigenvalue weighted by Crippen LogP contribution is -1.80. The first-order valence-corrected chi connectivity index (χ1v) is 38.3. The Morgan fingerprint density at radius 2 is 0.426 bits per heavy atom. The highest BCUT2D eigenvalue weighted by Gasteiger charge is 1.81. The Morgan fingerprint density at radius 3 is 0.556 bits per heavy atom. The summed E-state index contributed by atoms with van der Waals surface area (Å²) in [5.41, 5.74) is 11.9. The van der Waals surface area contributed by atoms with Crippen molar-refractivity contribution < 1.29 is 0 Å². The van der Waals surface area contributed by atoms with Crippen molar-refractivity contribution in [3.05, 3.63) is 326 Å². The molecule has 18 heteroatoms. The van der Waals surface area contributed by atoms with E-state index in [1.807, 2.05) is 359 Å². The van der Waals surface area contributed by atoms with Gasteiger partial charge >= 0.3 is 0 Å². The van der Waals surface area contributed by atoms with Crippen LogP contribution in [-0.2, 0) is 0 Å². The number of aryl methyl sites for hydroxylation is 12. The van der Waals surface area contributed by atoms with Crippen LogP contribution in [0.5, 0.6) is 0 Å². The molecule has 0 saturated heterocycles. The number of nitrogens with zero attached hydrogens (tertiary/aromatic N) is 18. The number of rotatable bonds is 0. The minimum absolute atomic E-state index is 0.822. The third kappa shape index (κ3) is 117. The highest BCUT2D eigenvalue weighted by molar-refractivity contribution is 5.07. The second-order valence-corrected chi connectivity index (χ2v) is 17.1. The van der Waals surface area contributed by atoms with Crippen molar-refractivity contribution in [3.63, 3.8) is 0 Å². The van der Waals surface area contributed by atoms with Gasteiger partial charge < -0.3 is 0 Å². The quantitative estimate of drug-likeness (QED) is 0.137. The smallest absolute Gasteiger partial charge is 0.125 e. The summed E-state index contributed by atoms with van der Waals surface area (Å²) < 4.78 is 0. The fraction of sp³-hybridized carbons (Fsp3) is 0.400. The molecule has 0 fully saturated rings. The molecule has 600 valence electrons. The van der Waals surface area contributed by atoms with Crippen LogP contribution < -0.4 is 0 Å². The molecule has 0 radical (unpaired) electrons. The van der Waals surface area contributed by atoms with E-state index >= 15 is 0 Å². The molecule has 0 atom stereocenters. The van der Waals surface area contributed by atoms with E-state index in [1.54, 1.807) is 136 Å². The molecule has 0 aliphatic heterocycles. The summed E-state index contributed by atoms with van der Waals surface area (Å²) in [5.74, 6) is 0.822.